The molecule has 0 N–H and O–H groups in total. The molecule has 0 unspecified atom stereocenters. The van der Waals surface area contributed by atoms with Gasteiger partial charge in [0.25, 0.3) is 0 Å². The third kappa shape index (κ3) is 3.68. The average Bonchev–Trinajstić information content (AvgIpc) is 2.68. The SMILES string of the molecule is CS(=O)(=O)c1ccc(C2=C(c3cc(Cl)ccc3Cl)Cc3ccccc3O2)cc1. The molecule has 0 saturated heterocycles. The summed E-state index contributed by atoms with van der Waals surface area (Å²) in [6.07, 6.45) is 1.81. The van der Waals surface area contributed by atoms with Gasteiger partial charge in [0.1, 0.15) is 11.5 Å². The molecule has 4 rings (SSSR count). The summed E-state index contributed by atoms with van der Waals surface area (Å²) in [6.45, 7) is 0. The molecule has 0 aromatic heterocycles. The summed E-state index contributed by atoms with van der Waals surface area (Å²) in [5.74, 6) is 1.41. The zero-order valence-corrected chi connectivity index (χ0v) is 17.3. The normalized spacial score (nSPS) is 13.8. The van der Waals surface area contributed by atoms with Crippen LogP contribution < -0.4 is 4.74 Å². The molecule has 0 aliphatic carbocycles. The molecule has 1 heterocycles. The highest BCUT2D eigenvalue weighted by atomic mass is 35.5. The van der Waals surface area contributed by atoms with Gasteiger partial charge in [-0.1, -0.05) is 41.4 Å². The second-order valence-corrected chi connectivity index (χ2v) is 9.47. The van der Waals surface area contributed by atoms with Crippen LogP contribution in [0, 0.1) is 0 Å². The second kappa shape index (κ2) is 7.28. The van der Waals surface area contributed by atoms with Gasteiger partial charge in [-0.25, -0.2) is 8.42 Å². The molecule has 0 atom stereocenters. The summed E-state index contributed by atoms with van der Waals surface area (Å²) in [5.41, 5.74) is 3.52. The van der Waals surface area contributed by atoms with Gasteiger partial charge in [-0.05, 0) is 54.1 Å². The molecule has 0 radical (unpaired) electrons. The van der Waals surface area contributed by atoms with E-state index in [2.05, 4.69) is 0 Å². The zero-order valence-electron chi connectivity index (χ0n) is 14.9. The lowest BCUT2D eigenvalue weighted by Gasteiger charge is -2.25. The number of para-hydroxylation sites is 1. The van der Waals surface area contributed by atoms with Crippen molar-refractivity contribution in [2.75, 3.05) is 6.26 Å². The van der Waals surface area contributed by atoms with E-state index in [1.54, 1.807) is 36.4 Å². The average molecular weight is 431 g/mol. The molecule has 1 aliphatic heterocycles. The van der Waals surface area contributed by atoms with Gasteiger partial charge in [-0.3, -0.25) is 0 Å². The minimum atomic E-state index is -3.27. The molecular formula is C22H16Cl2O3S. The minimum absolute atomic E-state index is 0.260. The Morgan fingerprint density at radius 1 is 0.929 bits per heavy atom. The van der Waals surface area contributed by atoms with E-state index < -0.39 is 9.84 Å². The Morgan fingerprint density at radius 2 is 1.64 bits per heavy atom. The Morgan fingerprint density at radius 3 is 2.36 bits per heavy atom. The molecule has 3 aromatic rings. The highest BCUT2D eigenvalue weighted by molar-refractivity contribution is 7.90. The van der Waals surface area contributed by atoms with Crippen molar-refractivity contribution in [1.82, 2.24) is 0 Å². The topological polar surface area (TPSA) is 43.4 Å². The Bertz CT molecular complexity index is 1200. The van der Waals surface area contributed by atoms with Gasteiger partial charge in [-0.15, -0.1) is 0 Å². The van der Waals surface area contributed by atoms with E-state index in [-0.39, 0.29) is 4.90 Å². The highest BCUT2D eigenvalue weighted by Crippen LogP contribution is 2.41. The molecule has 0 bridgehead atoms. The van der Waals surface area contributed by atoms with Crippen LogP contribution in [-0.2, 0) is 16.3 Å². The molecule has 6 heteroatoms. The molecule has 28 heavy (non-hydrogen) atoms. The number of allylic oxidation sites excluding steroid dienone is 1. The zero-order chi connectivity index (χ0) is 19.9. The number of ether oxygens (including phenoxy) is 1. The van der Waals surface area contributed by atoms with Crippen LogP contribution in [-0.4, -0.2) is 14.7 Å². The van der Waals surface area contributed by atoms with Gasteiger partial charge >= 0.3 is 0 Å². The summed E-state index contributed by atoms with van der Waals surface area (Å²) >= 11 is 12.7. The molecule has 1 aliphatic rings. The maximum absolute atomic E-state index is 11.8. The maximum atomic E-state index is 11.8. The molecule has 0 saturated carbocycles. The van der Waals surface area contributed by atoms with Crippen LogP contribution >= 0.6 is 23.2 Å². The van der Waals surface area contributed by atoms with Crippen LogP contribution in [0.4, 0.5) is 0 Å². The lowest BCUT2D eigenvalue weighted by atomic mass is 9.92. The standard InChI is InChI=1S/C22H16Cl2O3S/c1-28(25,26)17-9-6-14(7-10-17)22-19(18-13-16(23)8-11-20(18)24)12-15-4-2-3-5-21(15)27-22/h2-11,13H,12H2,1H3. The predicted octanol–water partition coefficient (Wildman–Crippen LogP) is 5.90. The second-order valence-electron chi connectivity index (χ2n) is 6.61. The van der Waals surface area contributed by atoms with Crippen LogP contribution in [0.5, 0.6) is 5.75 Å². The Hall–Kier alpha value is -2.27. The summed E-state index contributed by atoms with van der Waals surface area (Å²) in [6, 6.07) is 19.8. The van der Waals surface area contributed by atoms with Crippen LogP contribution in [0.15, 0.2) is 71.6 Å². The first-order valence-electron chi connectivity index (χ1n) is 8.58. The lowest BCUT2D eigenvalue weighted by Crippen LogP contribution is -2.10. The van der Waals surface area contributed by atoms with Gasteiger partial charge in [0.2, 0.25) is 0 Å². The summed E-state index contributed by atoms with van der Waals surface area (Å²) in [5, 5.41) is 1.16. The molecule has 0 fully saturated rings. The third-order valence-electron chi connectivity index (χ3n) is 4.62. The minimum Gasteiger partial charge on any atom is -0.456 e. The molecule has 142 valence electrons. The number of benzene rings is 3. The van der Waals surface area contributed by atoms with E-state index in [1.807, 2.05) is 30.3 Å². The Kier molecular flexibility index (Phi) is 4.96. The van der Waals surface area contributed by atoms with Gasteiger partial charge in [0.15, 0.2) is 9.84 Å². The predicted molar refractivity (Wildman–Crippen MR) is 114 cm³/mol. The fourth-order valence-corrected chi connectivity index (χ4v) is 4.26. The lowest BCUT2D eigenvalue weighted by molar-refractivity contribution is 0.502. The van der Waals surface area contributed by atoms with E-state index in [1.165, 1.54) is 6.26 Å². The van der Waals surface area contributed by atoms with Crippen LogP contribution in [0.3, 0.4) is 0 Å². The van der Waals surface area contributed by atoms with Crippen LogP contribution in [0.1, 0.15) is 16.7 Å². The van der Waals surface area contributed by atoms with E-state index in [9.17, 15) is 8.42 Å². The van der Waals surface area contributed by atoms with E-state index in [4.69, 9.17) is 27.9 Å². The molecule has 3 aromatic carbocycles. The van der Waals surface area contributed by atoms with Gasteiger partial charge in [0.05, 0.1) is 4.90 Å². The van der Waals surface area contributed by atoms with Crippen molar-refractivity contribution < 1.29 is 13.2 Å². The molecular weight excluding hydrogens is 415 g/mol. The van der Waals surface area contributed by atoms with Crippen molar-refractivity contribution in [3.8, 4) is 5.75 Å². The molecule has 0 spiro atoms. The fourth-order valence-electron chi connectivity index (χ4n) is 3.22. The quantitative estimate of drug-likeness (QED) is 0.519. The van der Waals surface area contributed by atoms with E-state index in [0.717, 1.165) is 28.0 Å². The fraction of sp³-hybridized carbons (Fsp3) is 0.0909. The molecule has 3 nitrogen and oxygen atoms in total. The monoisotopic (exact) mass is 430 g/mol. The largest absolute Gasteiger partial charge is 0.456 e. The first kappa shape index (κ1) is 19.1. The smallest absolute Gasteiger partial charge is 0.175 e. The highest BCUT2D eigenvalue weighted by Gasteiger charge is 2.24. The number of rotatable bonds is 3. The Balaban J connectivity index is 1.90. The van der Waals surface area contributed by atoms with Crippen molar-refractivity contribution in [3.63, 3.8) is 0 Å². The maximum Gasteiger partial charge on any atom is 0.175 e. The summed E-state index contributed by atoms with van der Waals surface area (Å²) in [4.78, 5) is 0.260. The van der Waals surface area contributed by atoms with E-state index in [0.29, 0.717) is 22.2 Å². The van der Waals surface area contributed by atoms with Gasteiger partial charge in [0, 0.05) is 39.4 Å². The first-order chi connectivity index (χ1) is 13.3. The van der Waals surface area contributed by atoms with Crippen molar-refractivity contribution in [3.05, 3.63) is 93.5 Å². The van der Waals surface area contributed by atoms with Crippen molar-refractivity contribution in [2.24, 2.45) is 0 Å². The van der Waals surface area contributed by atoms with Gasteiger partial charge in [-0.2, -0.15) is 0 Å². The number of sulfone groups is 1. The van der Waals surface area contributed by atoms with Crippen LogP contribution in [0.25, 0.3) is 11.3 Å². The molecule has 0 amide bonds. The number of fused-ring (bicyclic) bond motifs is 1. The summed E-state index contributed by atoms with van der Waals surface area (Å²) in [7, 11) is -3.27. The Labute approximate surface area is 174 Å². The third-order valence-corrected chi connectivity index (χ3v) is 6.32. The van der Waals surface area contributed by atoms with Crippen LogP contribution in [0.2, 0.25) is 10.0 Å². The van der Waals surface area contributed by atoms with Crippen molar-refractivity contribution in [2.45, 2.75) is 11.3 Å². The van der Waals surface area contributed by atoms with E-state index >= 15 is 0 Å². The number of hydrogen-bond donors (Lipinski definition) is 0. The number of hydrogen-bond acceptors (Lipinski definition) is 3. The van der Waals surface area contributed by atoms with Crippen molar-refractivity contribution in [1.29, 1.82) is 0 Å². The number of halogens is 2. The van der Waals surface area contributed by atoms with Gasteiger partial charge < -0.3 is 4.74 Å². The first-order valence-corrected chi connectivity index (χ1v) is 11.2. The van der Waals surface area contributed by atoms with Crippen molar-refractivity contribution >= 4 is 44.4 Å². The summed E-state index contributed by atoms with van der Waals surface area (Å²) < 4.78 is 29.8.